The SMILES string of the molecule is C[C@]12CC[C@H]3[C@@H](CC[C@@H]4C[C@@H](O)CC[C@@H]43)[C@@H]1CCC2O. The van der Waals surface area contributed by atoms with Crippen LogP contribution in [-0.2, 0) is 0 Å². The van der Waals surface area contributed by atoms with Gasteiger partial charge in [-0.05, 0) is 92.8 Å². The lowest BCUT2D eigenvalue weighted by Crippen LogP contribution is -2.49. The van der Waals surface area contributed by atoms with Crippen molar-refractivity contribution in [1.29, 1.82) is 0 Å². The van der Waals surface area contributed by atoms with E-state index in [9.17, 15) is 10.2 Å². The van der Waals surface area contributed by atoms with Crippen LogP contribution in [0.1, 0.15) is 64.7 Å². The third-order valence-corrected chi connectivity index (χ3v) is 7.88. The Morgan fingerprint density at radius 2 is 1.60 bits per heavy atom. The Morgan fingerprint density at radius 1 is 0.800 bits per heavy atom. The number of aliphatic hydroxyl groups is 2. The Kier molecular flexibility index (Phi) is 3.20. The molecular weight excluding hydrogens is 248 g/mol. The van der Waals surface area contributed by atoms with Gasteiger partial charge in [-0.1, -0.05) is 6.92 Å². The minimum atomic E-state index is -0.0423. The van der Waals surface area contributed by atoms with Crippen molar-refractivity contribution in [1.82, 2.24) is 0 Å². The topological polar surface area (TPSA) is 40.5 Å². The minimum Gasteiger partial charge on any atom is -0.393 e. The molecule has 0 saturated heterocycles. The molecule has 0 aromatic heterocycles. The number of fused-ring (bicyclic) bond motifs is 5. The van der Waals surface area contributed by atoms with Crippen molar-refractivity contribution >= 4 is 0 Å². The summed E-state index contributed by atoms with van der Waals surface area (Å²) in [6.45, 7) is 2.36. The van der Waals surface area contributed by atoms with Crippen molar-refractivity contribution in [3.63, 3.8) is 0 Å². The van der Waals surface area contributed by atoms with Crippen LogP contribution in [0.15, 0.2) is 0 Å². The van der Waals surface area contributed by atoms with Crippen LogP contribution in [0.25, 0.3) is 0 Å². The smallest absolute Gasteiger partial charge is 0.0596 e. The fourth-order valence-corrected chi connectivity index (χ4v) is 6.80. The van der Waals surface area contributed by atoms with Gasteiger partial charge in [0.1, 0.15) is 0 Å². The van der Waals surface area contributed by atoms with Crippen molar-refractivity contribution in [2.75, 3.05) is 0 Å². The van der Waals surface area contributed by atoms with Gasteiger partial charge in [-0.3, -0.25) is 0 Å². The lowest BCUT2D eigenvalue weighted by Gasteiger charge is -2.55. The number of hydrogen-bond acceptors (Lipinski definition) is 2. The molecule has 4 fully saturated rings. The van der Waals surface area contributed by atoms with Crippen molar-refractivity contribution in [3.05, 3.63) is 0 Å². The zero-order valence-corrected chi connectivity index (χ0v) is 12.8. The molecule has 4 saturated carbocycles. The molecule has 2 nitrogen and oxygen atoms in total. The fraction of sp³-hybridized carbons (Fsp3) is 1.00. The van der Waals surface area contributed by atoms with E-state index in [0.717, 1.165) is 48.9 Å². The van der Waals surface area contributed by atoms with E-state index in [1.54, 1.807) is 0 Å². The first-order chi connectivity index (χ1) is 9.59. The van der Waals surface area contributed by atoms with E-state index in [1.165, 1.54) is 38.5 Å². The molecule has 0 spiro atoms. The maximum absolute atomic E-state index is 10.4. The molecule has 0 radical (unpaired) electrons. The van der Waals surface area contributed by atoms with Crippen LogP contribution < -0.4 is 0 Å². The maximum Gasteiger partial charge on any atom is 0.0596 e. The zero-order valence-electron chi connectivity index (χ0n) is 12.8. The van der Waals surface area contributed by atoms with Gasteiger partial charge in [0.05, 0.1) is 12.2 Å². The van der Waals surface area contributed by atoms with Gasteiger partial charge in [0, 0.05) is 0 Å². The molecule has 2 N–H and O–H groups in total. The summed E-state index contributed by atoms with van der Waals surface area (Å²) in [4.78, 5) is 0. The first-order valence-electron chi connectivity index (χ1n) is 8.95. The molecule has 0 amide bonds. The normalized spacial score (nSPS) is 58.6. The maximum atomic E-state index is 10.4. The van der Waals surface area contributed by atoms with E-state index in [2.05, 4.69) is 6.92 Å². The standard InChI is InChI=1S/C18H30O2/c1-18-9-8-14-13-5-3-12(19)10-11(13)2-4-15(14)16(18)6-7-17(18)20/h11-17,19-20H,2-10H2,1H3/t11-,12+,13+,14-,15-,16+,17?,18+/m1/s1. The molecule has 4 aliphatic carbocycles. The summed E-state index contributed by atoms with van der Waals surface area (Å²) in [6.07, 6.45) is 10.9. The minimum absolute atomic E-state index is 0.0186. The van der Waals surface area contributed by atoms with Crippen LogP contribution in [0.4, 0.5) is 0 Å². The predicted octanol–water partition coefficient (Wildman–Crippen LogP) is 3.36. The van der Waals surface area contributed by atoms with Crippen LogP contribution in [0.5, 0.6) is 0 Å². The van der Waals surface area contributed by atoms with E-state index in [1.807, 2.05) is 0 Å². The van der Waals surface area contributed by atoms with Gasteiger partial charge in [-0.2, -0.15) is 0 Å². The zero-order chi connectivity index (χ0) is 13.9. The third kappa shape index (κ3) is 1.83. The molecule has 0 aromatic carbocycles. The molecule has 0 heterocycles. The summed E-state index contributed by atoms with van der Waals surface area (Å²) in [6, 6.07) is 0. The van der Waals surface area contributed by atoms with Crippen LogP contribution in [0.3, 0.4) is 0 Å². The van der Waals surface area contributed by atoms with Gasteiger partial charge < -0.3 is 10.2 Å². The fourth-order valence-electron chi connectivity index (χ4n) is 6.80. The van der Waals surface area contributed by atoms with Gasteiger partial charge in [0.15, 0.2) is 0 Å². The Hall–Kier alpha value is -0.0800. The van der Waals surface area contributed by atoms with Gasteiger partial charge in [0.25, 0.3) is 0 Å². The van der Waals surface area contributed by atoms with E-state index in [-0.39, 0.29) is 17.6 Å². The monoisotopic (exact) mass is 278 g/mol. The van der Waals surface area contributed by atoms with Gasteiger partial charge >= 0.3 is 0 Å². The molecule has 4 rings (SSSR count). The molecular formula is C18H30O2. The summed E-state index contributed by atoms with van der Waals surface area (Å²) in [7, 11) is 0. The molecule has 1 unspecified atom stereocenters. The van der Waals surface area contributed by atoms with E-state index in [0.29, 0.717) is 0 Å². The molecule has 2 heteroatoms. The average molecular weight is 278 g/mol. The first kappa shape index (κ1) is 13.6. The average Bonchev–Trinajstić information content (AvgIpc) is 2.74. The summed E-state index contributed by atoms with van der Waals surface area (Å²) >= 11 is 0. The van der Waals surface area contributed by atoms with E-state index < -0.39 is 0 Å². The molecule has 0 bridgehead atoms. The largest absolute Gasteiger partial charge is 0.393 e. The quantitative estimate of drug-likeness (QED) is 0.713. The predicted molar refractivity (Wildman–Crippen MR) is 79.1 cm³/mol. The van der Waals surface area contributed by atoms with Crippen molar-refractivity contribution in [2.24, 2.45) is 35.0 Å². The summed E-state index contributed by atoms with van der Waals surface area (Å²) in [5.74, 6) is 4.26. The third-order valence-electron chi connectivity index (χ3n) is 7.88. The molecule has 8 atom stereocenters. The number of hydrogen-bond donors (Lipinski definition) is 2. The highest BCUT2D eigenvalue weighted by Gasteiger charge is 2.56. The Labute approximate surface area is 123 Å². The summed E-state index contributed by atoms with van der Waals surface area (Å²) < 4.78 is 0. The van der Waals surface area contributed by atoms with Crippen molar-refractivity contribution < 1.29 is 10.2 Å². The van der Waals surface area contributed by atoms with Crippen LogP contribution in [0, 0.1) is 35.0 Å². The molecule has 114 valence electrons. The van der Waals surface area contributed by atoms with Crippen molar-refractivity contribution in [3.8, 4) is 0 Å². The Morgan fingerprint density at radius 3 is 2.45 bits per heavy atom. The lowest BCUT2D eigenvalue weighted by atomic mass is 9.50. The Bertz CT molecular complexity index is 382. The van der Waals surface area contributed by atoms with Gasteiger partial charge in [-0.15, -0.1) is 0 Å². The van der Waals surface area contributed by atoms with E-state index in [4.69, 9.17) is 0 Å². The highest BCUT2D eigenvalue weighted by atomic mass is 16.3. The van der Waals surface area contributed by atoms with Crippen molar-refractivity contribution in [2.45, 2.75) is 76.9 Å². The second-order valence-corrected chi connectivity index (χ2v) is 8.54. The second kappa shape index (κ2) is 4.71. The van der Waals surface area contributed by atoms with Crippen LogP contribution in [0.2, 0.25) is 0 Å². The number of aliphatic hydroxyl groups excluding tert-OH is 2. The molecule has 0 aliphatic heterocycles. The highest BCUT2D eigenvalue weighted by Crippen LogP contribution is 2.62. The summed E-state index contributed by atoms with van der Waals surface area (Å²) in [5, 5.41) is 20.3. The van der Waals surface area contributed by atoms with Gasteiger partial charge in [-0.25, -0.2) is 0 Å². The highest BCUT2D eigenvalue weighted by molar-refractivity contribution is 5.06. The molecule has 20 heavy (non-hydrogen) atoms. The first-order valence-corrected chi connectivity index (χ1v) is 8.95. The lowest BCUT2D eigenvalue weighted by molar-refractivity contribution is -0.0913. The second-order valence-electron chi connectivity index (χ2n) is 8.54. The van der Waals surface area contributed by atoms with E-state index >= 15 is 0 Å². The van der Waals surface area contributed by atoms with Gasteiger partial charge in [0.2, 0.25) is 0 Å². The summed E-state index contributed by atoms with van der Waals surface area (Å²) in [5.41, 5.74) is 0.224. The molecule has 0 aromatic rings. The number of rotatable bonds is 0. The van der Waals surface area contributed by atoms with Crippen LogP contribution in [-0.4, -0.2) is 22.4 Å². The Balaban J connectivity index is 1.57. The molecule has 4 aliphatic rings. The van der Waals surface area contributed by atoms with Crippen LogP contribution >= 0.6 is 0 Å².